The number of hydrogen-bond acceptors (Lipinski definition) is 6. The maximum Gasteiger partial charge on any atom is 0.306 e. The van der Waals surface area contributed by atoms with Crippen LogP contribution in [0.2, 0.25) is 0 Å². The zero-order valence-electron chi connectivity index (χ0n) is 46.5. The quantitative estimate of drug-likeness (QED) is 0.0261. The van der Waals surface area contributed by atoms with Crippen LogP contribution in [-0.4, -0.2) is 37.2 Å². The Balaban J connectivity index is 4.44. The summed E-state index contributed by atoms with van der Waals surface area (Å²) in [5.74, 6) is -0.971. The predicted molar refractivity (Wildman–Crippen MR) is 307 cm³/mol. The van der Waals surface area contributed by atoms with E-state index in [2.05, 4.69) is 118 Å². The van der Waals surface area contributed by atoms with Gasteiger partial charge in [0.25, 0.3) is 0 Å². The van der Waals surface area contributed by atoms with E-state index in [0.29, 0.717) is 19.3 Å². The van der Waals surface area contributed by atoms with Gasteiger partial charge in [-0.1, -0.05) is 266 Å². The lowest BCUT2D eigenvalue weighted by atomic mass is 10.0. The molecule has 0 aromatic rings. The van der Waals surface area contributed by atoms with Gasteiger partial charge >= 0.3 is 17.9 Å². The van der Waals surface area contributed by atoms with Crippen LogP contribution in [-0.2, 0) is 28.6 Å². The maximum absolute atomic E-state index is 12.9. The third-order valence-electron chi connectivity index (χ3n) is 12.6. The van der Waals surface area contributed by atoms with E-state index in [1.165, 1.54) is 116 Å². The molecule has 0 radical (unpaired) electrons. The molecule has 0 unspecified atom stereocenters. The summed E-state index contributed by atoms with van der Waals surface area (Å²) >= 11 is 0. The highest BCUT2D eigenvalue weighted by molar-refractivity contribution is 5.71. The molecular formula is C65H110O6. The van der Waals surface area contributed by atoms with Crippen LogP contribution in [0.1, 0.15) is 278 Å². The molecule has 0 aromatic heterocycles. The summed E-state index contributed by atoms with van der Waals surface area (Å²) in [6.07, 6.45) is 78.4. The molecule has 6 heteroatoms. The van der Waals surface area contributed by atoms with Crippen molar-refractivity contribution in [2.24, 2.45) is 0 Å². The minimum Gasteiger partial charge on any atom is -0.462 e. The second-order valence-electron chi connectivity index (χ2n) is 19.5. The molecule has 0 fully saturated rings. The van der Waals surface area contributed by atoms with Crippen molar-refractivity contribution in [2.75, 3.05) is 13.2 Å². The van der Waals surface area contributed by atoms with Gasteiger partial charge in [0.2, 0.25) is 0 Å². The van der Waals surface area contributed by atoms with E-state index in [0.717, 1.165) is 116 Å². The van der Waals surface area contributed by atoms with E-state index in [-0.39, 0.29) is 37.5 Å². The van der Waals surface area contributed by atoms with Gasteiger partial charge in [0, 0.05) is 19.3 Å². The van der Waals surface area contributed by atoms with Crippen LogP contribution in [0, 0.1) is 0 Å². The number of hydrogen-bond donors (Lipinski definition) is 0. The number of allylic oxidation sites excluding steroid dienone is 16. The molecule has 6 nitrogen and oxygen atoms in total. The molecule has 406 valence electrons. The van der Waals surface area contributed by atoms with Crippen molar-refractivity contribution in [3.05, 3.63) is 97.2 Å². The summed E-state index contributed by atoms with van der Waals surface area (Å²) in [6.45, 7) is 6.37. The Kier molecular flexibility index (Phi) is 55.9. The van der Waals surface area contributed by atoms with Crippen LogP contribution < -0.4 is 0 Å². The average Bonchev–Trinajstić information content (AvgIpc) is 3.37. The standard InChI is InChI=1S/C65H110O6/c1-4-7-10-13-16-19-22-25-28-30-31-32-33-35-38-41-44-47-50-53-56-59-65(68)71-62(60-69-63(66)57-54-51-48-45-42-39-36-27-24-21-18-15-12-9-6-3)61-70-64(67)58-55-52-49-46-43-40-37-34-29-26-23-20-17-14-11-8-5-2/h8-9,11-12,17-18,20-21,26-27,29,36-37,40,46,49,62H,4-7,10,13-16,19,22-25,28,30-35,38-39,41-45,47-48,50-61H2,1-3H3/b11-8-,12-9-,20-17-,21-18-,29-26-,36-27-,40-37-,49-46-/t62-/m0/s1. The van der Waals surface area contributed by atoms with Crippen molar-refractivity contribution in [3.63, 3.8) is 0 Å². The molecule has 0 aliphatic carbocycles. The minimum atomic E-state index is -0.808. The van der Waals surface area contributed by atoms with Crippen molar-refractivity contribution in [3.8, 4) is 0 Å². The number of rotatable bonds is 53. The zero-order valence-corrected chi connectivity index (χ0v) is 46.5. The van der Waals surface area contributed by atoms with Gasteiger partial charge < -0.3 is 14.2 Å². The first-order valence-electron chi connectivity index (χ1n) is 29.7. The van der Waals surface area contributed by atoms with Crippen LogP contribution in [0.5, 0.6) is 0 Å². The number of carbonyl (C=O) groups excluding carboxylic acids is 3. The first-order valence-corrected chi connectivity index (χ1v) is 29.7. The fourth-order valence-corrected chi connectivity index (χ4v) is 8.20. The Morgan fingerprint density at radius 1 is 0.296 bits per heavy atom. The molecule has 0 aromatic carbocycles. The van der Waals surface area contributed by atoms with E-state index in [4.69, 9.17) is 14.2 Å². The lowest BCUT2D eigenvalue weighted by Crippen LogP contribution is -2.30. The summed E-state index contributed by atoms with van der Waals surface area (Å²) in [4.78, 5) is 38.2. The summed E-state index contributed by atoms with van der Waals surface area (Å²) in [6, 6.07) is 0. The zero-order chi connectivity index (χ0) is 51.4. The predicted octanol–water partition coefficient (Wildman–Crippen LogP) is 20.1. The Hall–Kier alpha value is -3.67. The molecule has 0 spiro atoms. The molecule has 1 atom stereocenters. The van der Waals surface area contributed by atoms with E-state index in [9.17, 15) is 14.4 Å². The topological polar surface area (TPSA) is 78.9 Å². The molecule has 0 saturated heterocycles. The smallest absolute Gasteiger partial charge is 0.306 e. The fourth-order valence-electron chi connectivity index (χ4n) is 8.20. The van der Waals surface area contributed by atoms with Crippen molar-refractivity contribution < 1.29 is 28.6 Å². The van der Waals surface area contributed by atoms with Crippen molar-refractivity contribution in [2.45, 2.75) is 284 Å². The van der Waals surface area contributed by atoms with Crippen LogP contribution in [0.15, 0.2) is 97.2 Å². The van der Waals surface area contributed by atoms with Gasteiger partial charge in [0.1, 0.15) is 13.2 Å². The molecule has 0 aliphatic heterocycles. The third kappa shape index (κ3) is 57.1. The Bertz CT molecular complexity index is 1410. The average molecular weight is 988 g/mol. The normalized spacial score (nSPS) is 12.8. The fraction of sp³-hybridized carbons (Fsp3) is 0.708. The van der Waals surface area contributed by atoms with Gasteiger partial charge in [-0.15, -0.1) is 0 Å². The van der Waals surface area contributed by atoms with Gasteiger partial charge in [-0.3, -0.25) is 14.4 Å². The number of ether oxygens (including phenoxy) is 3. The Morgan fingerprint density at radius 2 is 0.563 bits per heavy atom. The van der Waals surface area contributed by atoms with Crippen molar-refractivity contribution in [1.29, 1.82) is 0 Å². The van der Waals surface area contributed by atoms with Gasteiger partial charge in [-0.25, -0.2) is 0 Å². The molecule has 0 bridgehead atoms. The van der Waals surface area contributed by atoms with Crippen molar-refractivity contribution in [1.82, 2.24) is 0 Å². The van der Waals surface area contributed by atoms with Crippen LogP contribution in [0.4, 0.5) is 0 Å². The van der Waals surface area contributed by atoms with Gasteiger partial charge in [-0.2, -0.15) is 0 Å². The molecular weight excluding hydrogens is 877 g/mol. The molecule has 0 N–H and O–H groups in total. The lowest BCUT2D eigenvalue weighted by Gasteiger charge is -2.18. The van der Waals surface area contributed by atoms with Gasteiger partial charge in [0.05, 0.1) is 0 Å². The summed E-state index contributed by atoms with van der Waals surface area (Å²) in [5, 5.41) is 0. The minimum absolute atomic E-state index is 0.103. The monoisotopic (exact) mass is 987 g/mol. The first-order chi connectivity index (χ1) is 35.0. The molecule has 0 amide bonds. The van der Waals surface area contributed by atoms with E-state index in [1.807, 2.05) is 0 Å². The molecule has 71 heavy (non-hydrogen) atoms. The second-order valence-corrected chi connectivity index (χ2v) is 19.5. The number of unbranched alkanes of at least 4 members (excludes halogenated alkanes) is 26. The highest BCUT2D eigenvalue weighted by Crippen LogP contribution is 2.16. The molecule has 0 saturated carbocycles. The third-order valence-corrected chi connectivity index (χ3v) is 12.6. The van der Waals surface area contributed by atoms with Crippen LogP contribution in [0.3, 0.4) is 0 Å². The highest BCUT2D eigenvalue weighted by atomic mass is 16.6. The largest absolute Gasteiger partial charge is 0.462 e. The number of esters is 3. The van der Waals surface area contributed by atoms with Gasteiger partial charge in [0.15, 0.2) is 6.10 Å². The van der Waals surface area contributed by atoms with E-state index >= 15 is 0 Å². The van der Waals surface area contributed by atoms with E-state index in [1.54, 1.807) is 0 Å². The van der Waals surface area contributed by atoms with Crippen LogP contribution in [0.25, 0.3) is 0 Å². The lowest BCUT2D eigenvalue weighted by molar-refractivity contribution is -0.167. The van der Waals surface area contributed by atoms with E-state index < -0.39 is 6.10 Å². The molecule has 0 heterocycles. The summed E-state index contributed by atoms with van der Waals surface area (Å²) < 4.78 is 16.8. The highest BCUT2D eigenvalue weighted by Gasteiger charge is 2.19. The Morgan fingerprint density at radius 3 is 0.915 bits per heavy atom. The molecule has 0 rings (SSSR count). The van der Waals surface area contributed by atoms with Gasteiger partial charge in [-0.05, 0) is 89.9 Å². The summed E-state index contributed by atoms with van der Waals surface area (Å²) in [7, 11) is 0. The molecule has 0 aliphatic rings. The number of carbonyl (C=O) groups is 3. The Labute approximate surface area is 438 Å². The second kappa shape index (κ2) is 58.9. The maximum atomic E-state index is 12.9. The first kappa shape index (κ1) is 67.3. The van der Waals surface area contributed by atoms with Crippen LogP contribution >= 0.6 is 0 Å². The van der Waals surface area contributed by atoms with Crippen molar-refractivity contribution >= 4 is 17.9 Å². The summed E-state index contributed by atoms with van der Waals surface area (Å²) in [5.41, 5.74) is 0. The SMILES string of the molecule is CC/C=C\C/C=C\C/C=C\C/C=C\C/C=C\CCCC(=O)OC[C@H](COC(=O)CCCCCCC/C=C\C/C=C\C/C=C\CC)OC(=O)CCCCCCCCCCCCCCCCCCCCCCC.